The number of carbonyl (C=O) groups excluding carboxylic acids is 2. The van der Waals surface area contributed by atoms with E-state index in [1.54, 1.807) is 7.05 Å². The molecule has 0 aromatic carbocycles. The third kappa shape index (κ3) is 4.46. The van der Waals surface area contributed by atoms with Gasteiger partial charge in [-0.15, -0.1) is 16.9 Å². The zero-order valence-electron chi connectivity index (χ0n) is 16.7. The first kappa shape index (κ1) is 21.4. The second-order valence-corrected chi connectivity index (χ2v) is 9.16. The minimum atomic E-state index is -1.15. The van der Waals surface area contributed by atoms with E-state index in [2.05, 4.69) is 20.8 Å². The highest BCUT2D eigenvalue weighted by atomic mass is 32.2. The SMILES string of the molecule is Cn1nnnc1SCC1=C(C(=O)O)N2C(=O)C(NC(=O)CCCn3cccc3)C2SC1. The van der Waals surface area contributed by atoms with Crippen LogP contribution in [0, 0.1) is 0 Å². The molecular formula is C18H21N7O4S2. The molecule has 1 fully saturated rings. The van der Waals surface area contributed by atoms with Crippen LogP contribution in [0.15, 0.2) is 41.0 Å². The fourth-order valence-corrected chi connectivity index (χ4v) is 5.81. The first-order valence-electron chi connectivity index (χ1n) is 9.61. The van der Waals surface area contributed by atoms with Crippen LogP contribution < -0.4 is 5.32 Å². The number of rotatable bonds is 9. The van der Waals surface area contributed by atoms with Crippen molar-refractivity contribution in [1.29, 1.82) is 0 Å². The Labute approximate surface area is 186 Å². The van der Waals surface area contributed by atoms with E-state index < -0.39 is 23.3 Å². The molecule has 31 heavy (non-hydrogen) atoms. The summed E-state index contributed by atoms with van der Waals surface area (Å²) in [6.07, 6.45) is 4.82. The first-order chi connectivity index (χ1) is 15.0. The van der Waals surface area contributed by atoms with Gasteiger partial charge in [-0.2, -0.15) is 0 Å². The molecule has 2 aromatic heterocycles. The van der Waals surface area contributed by atoms with Gasteiger partial charge in [0.1, 0.15) is 17.1 Å². The van der Waals surface area contributed by atoms with Crippen LogP contribution in [0.1, 0.15) is 12.8 Å². The van der Waals surface area contributed by atoms with Gasteiger partial charge < -0.3 is 15.0 Å². The summed E-state index contributed by atoms with van der Waals surface area (Å²) in [5, 5.41) is 23.8. The van der Waals surface area contributed by atoms with E-state index in [1.165, 1.54) is 33.1 Å². The third-order valence-electron chi connectivity index (χ3n) is 5.01. The lowest BCUT2D eigenvalue weighted by Crippen LogP contribution is -2.70. The third-order valence-corrected chi connectivity index (χ3v) is 7.45. The molecule has 0 radical (unpaired) electrons. The number of tetrazole rings is 1. The molecule has 13 heteroatoms. The minimum Gasteiger partial charge on any atom is -0.477 e. The van der Waals surface area contributed by atoms with Crippen molar-refractivity contribution in [2.75, 3.05) is 11.5 Å². The summed E-state index contributed by atoms with van der Waals surface area (Å²) in [4.78, 5) is 38.2. The fraction of sp³-hybridized carbons (Fsp3) is 0.444. The largest absolute Gasteiger partial charge is 0.477 e. The number of thioether (sulfide) groups is 2. The number of hydrogen-bond acceptors (Lipinski definition) is 8. The van der Waals surface area contributed by atoms with Gasteiger partial charge in [-0.1, -0.05) is 11.8 Å². The molecule has 4 heterocycles. The lowest BCUT2D eigenvalue weighted by atomic mass is 10.0. The van der Waals surface area contributed by atoms with Crippen molar-refractivity contribution in [3.05, 3.63) is 35.8 Å². The molecule has 11 nitrogen and oxygen atoms in total. The molecule has 2 aliphatic heterocycles. The maximum atomic E-state index is 12.7. The Morgan fingerprint density at radius 2 is 2.13 bits per heavy atom. The lowest BCUT2D eigenvalue weighted by Gasteiger charge is -2.49. The lowest BCUT2D eigenvalue weighted by molar-refractivity contribution is -0.150. The van der Waals surface area contributed by atoms with Crippen LogP contribution in [-0.2, 0) is 28.0 Å². The van der Waals surface area contributed by atoms with E-state index in [0.29, 0.717) is 35.1 Å². The van der Waals surface area contributed by atoms with Gasteiger partial charge in [-0.3, -0.25) is 14.5 Å². The van der Waals surface area contributed by atoms with Crippen molar-refractivity contribution in [3.8, 4) is 0 Å². The number of carboxylic acid groups (broad SMARTS) is 1. The normalized spacial score (nSPS) is 20.4. The smallest absolute Gasteiger partial charge is 0.352 e. The summed E-state index contributed by atoms with van der Waals surface area (Å²) < 4.78 is 3.49. The van der Waals surface area contributed by atoms with Crippen molar-refractivity contribution in [1.82, 2.24) is 35.0 Å². The second-order valence-electron chi connectivity index (χ2n) is 7.11. The molecule has 0 bridgehead atoms. The number of aryl methyl sites for hydroxylation is 2. The molecule has 2 unspecified atom stereocenters. The summed E-state index contributed by atoms with van der Waals surface area (Å²) in [6.45, 7) is 0.720. The van der Waals surface area contributed by atoms with E-state index in [4.69, 9.17) is 0 Å². The molecule has 164 valence electrons. The number of aliphatic carboxylic acids is 1. The van der Waals surface area contributed by atoms with E-state index in [9.17, 15) is 19.5 Å². The molecule has 2 N–H and O–H groups in total. The van der Waals surface area contributed by atoms with Crippen LogP contribution in [-0.4, -0.2) is 75.5 Å². The molecule has 0 spiro atoms. The van der Waals surface area contributed by atoms with Gasteiger partial charge >= 0.3 is 5.97 Å². The number of fused-ring (bicyclic) bond motifs is 1. The predicted octanol–water partition coefficient (Wildman–Crippen LogP) is 0.323. The summed E-state index contributed by atoms with van der Waals surface area (Å²) in [5.74, 6) is -0.940. The number of hydrogen-bond donors (Lipinski definition) is 2. The molecule has 2 aromatic rings. The topological polar surface area (TPSA) is 135 Å². The summed E-state index contributed by atoms with van der Waals surface area (Å²) >= 11 is 2.76. The van der Waals surface area contributed by atoms with Gasteiger partial charge in [0.25, 0.3) is 5.91 Å². The Morgan fingerprint density at radius 3 is 2.81 bits per heavy atom. The van der Waals surface area contributed by atoms with Gasteiger partial charge in [0.05, 0.1) is 0 Å². The van der Waals surface area contributed by atoms with E-state index in [0.717, 1.165) is 6.54 Å². The number of amides is 2. The van der Waals surface area contributed by atoms with Gasteiger partial charge in [-0.25, -0.2) is 9.48 Å². The number of nitrogens with one attached hydrogen (secondary N) is 1. The highest BCUT2D eigenvalue weighted by Crippen LogP contribution is 2.41. The number of carboxylic acids is 1. The minimum absolute atomic E-state index is 0.00511. The summed E-state index contributed by atoms with van der Waals surface area (Å²) in [7, 11) is 1.70. The van der Waals surface area contributed by atoms with Crippen LogP contribution in [0.3, 0.4) is 0 Å². The van der Waals surface area contributed by atoms with Crippen LogP contribution in [0.4, 0.5) is 0 Å². The monoisotopic (exact) mass is 463 g/mol. The number of carbonyl (C=O) groups is 3. The molecule has 2 aliphatic rings. The average molecular weight is 464 g/mol. The Kier molecular flexibility index (Phi) is 6.32. The maximum absolute atomic E-state index is 12.7. The zero-order valence-corrected chi connectivity index (χ0v) is 18.3. The molecule has 2 atom stereocenters. The summed E-state index contributed by atoms with van der Waals surface area (Å²) in [6, 6.07) is 3.15. The van der Waals surface area contributed by atoms with Gasteiger partial charge in [0.2, 0.25) is 11.1 Å². The molecule has 0 saturated carbocycles. The van der Waals surface area contributed by atoms with Gasteiger partial charge in [-0.05, 0) is 34.6 Å². The van der Waals surface area contributed by atoms with Gasteiger partial charge in [0, 0.05) is 43.9 Å². The number of nitrogens with zero attached hydrogens (tertiary/aromatic N) is 6. The van der Waals surface area contributed by atoms with E-state index in [1.807, 2.05) is 29.1 Å². The second kappa shape index (κ2) is 9.14. The van der Waals surface area contributed by atoms with Crippen LogP contribution in [0.25, 0.3) is 0 Å². The van der Waals surface area contributed by atoms with Gasteiger partial charge in [0.15, 0.2) is 0 Å². The summed E-state index contributed by atoms with van der Waals surface area (Å²) in [5.41, 5.74) is 0.626. The highest BCUT2D eigenvalue weighted by molar-refractivity contribution is 8.01. The van der Waals surface area contributed by atoms with Crippen LogP contribution >= 0.6 is 23.5 Å². The zero-order chi connectivity index (χ0) is 22.0. The molecule has 4 rings (SSSR count). The Hall–Kier alpha value is -2.80. The Morgan fingerprint density at radius 1 is 1.35 bits per heavy atom. The van der Waals surface area contributed by atoms with Crippen molar-refractivity contribution >= 4 is 41.3 Å². The number of aromatic nitrogens is 5. The maximum Gasteiger partial charge on any atom is 0.352 e. The van der Waals surface area contributed by atoms with Crippen LogP contribution in [0.2, 0.25) is 0 Å². The Balaban J connectivity index is 1.36. The first-order valence-corrected chi connectivity index (χ1v) is 11.6. The average Bonchev–Trinajstić information content (AvgIpc) is 3.41. The van der Waals surface area contributed by atoms with Crippen molar-refractivity contribution < 1.29 is 19.5 Å². The fourth-order valence-electron chi connectivity index (χ4n) is 3.48. The predicted molar refractivity (Wildman–Crippen MR) is 113 cm³/mol. The highest BCUT2D eigenvalue weighted by Gasteiger charge is 2.54. The Bertz CT molecular complexity index is 1020. The van der Waals surface area contributed by atoms with Crippen molar-refractivity contribution in [2.45, 2.75) is 36.0 Å². The molecule has 0 aliphatic carbocycles. The standard InChI is InChI=1S/C18H21N7O4S2/c1-23-18(20-21-22-23)31-10-11-9-30-16-13(15(27)25(16)14(11)17(28)29)19-12(26)5-4-8-24-6-2-3-7-24/h2-3,6-7,13,16H,4-5,8-10H2,1H3,(H,19,26)(H,28,29). The van der Waals surface area contributed by atoms with E-state index in [-0.39, 0.29) is 11.6 Å². The molecule has 2 amide bonds. The van der Waals surface area contributed by atoms with Crippen molar-refractivity contribution in [2.24, 2.45) is 7.05 Å². The molecular weight excluding hydrogens is 442 g/mol. The molecule has 1 saturated heterocycles. The number of β-lactam (4-membered cyclic amide) rings is 1. The van der Waals surface area contributed by atoms with Crippen LogP contribution in [0.5, 0.6) is 0 Å². The quantitative estimate of drug-likeness (QED) is 0.398. The van der Waals surface area contributed by atoms with E-state index >= 15 is 0 Å². The van der Waals surface area contributed by atoms with Crippen molar-refractivity contribution in [3.63, 3.8) is 0 Å².